The molecule has 0 aliphatic heterocycles. The molecule has 0 bridgehead atoms. The van der Waals surface area contributed by atoms with Gasteiger partial charge in [0.05, 0.1) is 6.61 Å². The number of benzene rings is 1. The highest BCUT2D eigenvalue weighted by atomic mass is 19.1. The van der Waals surface area contributed by atoms with Crippen molar-refractivity contribution in [1.29, 1.82) is 0 Å². The summed E-state index contributed by atoms with van der Waals surface area (Å²) in [4.78, 5) is 0. The summed E-state index contributed by atoms with van der Waals surface area (Å²) in [7, 11) is 0. The van der Waals surface area contributed by atoms with E-state index in [1.807, 2.05) is 6.92 Å². The molecule has 1 unspecified atom stereocenters. The average molecular weight is 243 g/mol. The van der Waals surface area contributed by atoms with Gasteiger partial charge in [-0.1, -0.05) is 13.8 Å². The third-order valence-electron chi connectivity index (χ3n) is 2.34. The Morgan fingerprint density at radius 3 is 2.82 bits per heavy atom. The van der Waals surface area contributed by atoms with Crippen molar-refractivity contribution in [1.82, 2.24) is 5.32 Å². The Labute approximate surface area is 101 Å². The van der Waals surface area contributed by atoms with Gasteiger partial charge in [0.2, 0.25) is 0 Å². The van der Waals surface area contributed by atoms with Crippen LogP contribution in [-0.2, 0) is 0 Å². The van der Waals surface area contributed by atoms with Crippen LogP contribution >= 0.6 is 0 Å². The molecule has 0 aliphatic rings. The molecule has 0 aromatic heterocycles. The van der Waals surface area contributed by atoms with Gasteiger partial charge in [-0.05, 0) is 25.1 Å². The SMILES string of the molecule is CCCNCC(C)COc1cc(F)ccc1F. The molecular formula is C13H19F2NO. The van der Waals surface area contributed by atoms with Gasteiger partial charge in [-0.25, -0.2) is 8.78 Å². The average Bonchev–Trinajstić information content (AvgIpc) is 2.31. The maximum atomic E-state index is 13.2. The van der Waals surface area contributed by atoms with E-state index >= 15 is 0 Å². The normalized spacial score (nSPS) is 12.5. The Kier molecular flexibility index (Phi) is 5.91. The first kappa shape index (κ1) is 13.9. The highest BCUT2D eigenvalue weighted by molar-refractivity contribution is 5.24. The van der Waals surface area contributed by atoms with Crippen molar-refractivity contribution < 1.29 is 13.5 Å². The predicted molar refractivity (Wildman–Crippen MR) is 64.2 cm³/mol. The minimum Gasteiger partial charge on any atom is -0.490 e. The van der Waals surface area contributed by atoms with Crippen LogP contribution in [0, 0.1) is 17.6 Å². The maximum Gasteiger partial charge on any atom is 0.165 e. The van der Waals surface area contributed by atoms with Gasteiger partial charge in [0.15, 0.2) is 11.6 Å². The first-order chi connectivity index (χ1) is 8.13. The summed E-state index contributed by atoms with van der Waals surface area (Å²) in [5.41, 5.74) is 0. The van der Waals surface area contributed by atoms with Gasteiger partial charge < -0.3 is 10.1 Å². The largest absolute Gasteiger partial charge is 0.490 e. The molecule has 0 fully saturated rings. The lowest BCUT2D eigenvalue weighted by Gasteiger charge is -2.14. The number of nitrogens with one attached hydrogen (secondary N) is 1. The molecule has 0 spiro atoms. The van der Waals surface area contributed by atoms with Gasteiger partial charge >= 0.3 is 0 Å². The number of hydrogen-bond donors (Lipinski definition) is 1. The summed E-state index contributed by atoms with van der Waals surface area (Å²) >= 11 is 0. The molecule has 0 aliphatic carbocycles. The van der Waals surface area contributed by atoms with Gasteiger partial charge in [0.25, 0.3) is 0 Å². The lowest BCUT2D eigenvalue weighted by molar-refractivity contribution is 0.244. The highest BCUT2D eigenvalue weighted by Gasteiger charge is 2.07. The molecule has 1 rings (SSSR count). The molecule has 4 heteroatoms. The van der Waals surface area contributed by atoms with E-state index in [1.165, 1.54) is 0 Å². The van der Waals surface area contributed by atoms with E-state index in [4.69, 9.17) is 4.74 Å². The Morgan fingerprint density at radius 2 is 2.12 bits per heavy atom. The summed E-state index contributed by atoms with van der Waals surface area (Å²) in [6.07, 6.45) is 1.08. The number of rotatable bonds is 7. The van der Waals surface area contributed by atoms with Crippen molar-refractivity contribution in [2.24, 2.45) is 5.92 Å². The standard InChI is InChI=1S/C13H19F2NO/c1-3-6-16-8-10(2)9-17-13-7-11(14)4-5-12(13)15/h4-5,7,10,16H,3,6,8-9H2,1-2H3. The van der Waals surface area contributed by atoms with Crippen molar-refractivity contribution in [3.05, 3.63) is 29.8 Å². The zero-order valence-electron chi connectivity index (χ0n) is 10.3. The van der Waals surface area contributed by atoms with Crippen LogP contribution in [0.4, 0.5) is 8.78 Å². The summed E-state index contributed by atoms with van der Waals surface area (Å²) in [5.74, 6) is -0.783. The van der Waals surface area contributed by atoms with Crippen LogP contribution in [0.15, 0.2) is 18.2 Å². The quantitative estimate of drug-likeness (QED) is 0.743. The fraction of sp³-hybridized carbons (Fsp3) is 0.538. The molecule has 96 valence electrons. The number of hydrogen-bond acceptors (Lipinski definition) is 2. The minimum absolute atomic E-state index is 0.0210. The van der Waals surface area contributed by atoms with Crippen LogP contribution < -0.4 is 10.1 Å². The monoisotopic (exact) mass is 243 g/mol. The third kappa shape index (κ3) is 5.13. The van der Waals surface area contributed by atoms with Gasteiger partial charge in [0.1, 0.15) is 5.82 Å². The van der Waals surface area contributed by atoms with Crippen LogP contribution in [-0.4, -0.2) is 19.7 Å². The van der Waals surface area contributed by atoms with E-state index in [9.17, 15) is 8.78 Å². The van der Waals surface area contributed by atoms with E-state index in [2.05, 4.69) is 12.2 Å². The first-order valence-corrected chi connectivity index (χ1v) is 5.92. The first-order valence-electron chi connectivity index (χ1n) is 5.92. The minimum atomic E-state index is -0.528. The molecule has 0 amide bonds. The Bertz CT molecular complexity index is 344. The summed E-state index contributed by atoms with van der Waals surface area (Å²) < 4.78 is 31.3. The molecule has 0 saturated heterocycles. The zero-order chi connectivity index (χ0) is 12.7. The summed E-state index contributed by atoms with van der Waals surface area (Å²) in [6, 6.07) is 3.22. The zero-order valence-corrected chi connectivity index (χ0v) is 10.3. The molecule has 0 saturated carbocycles. The molecule has 1 atom stereocenters. The van der Waals surface area contributed by atoms with E-state index in [1.54, 1.807) is 0 Å². The topological polar surface area (TPSA) is 21.3 Å². The molecule has 0 radical (unpaired) electrons. The number of halogens is 2. The van der Waals surface area contributed by atoms with Crippen molar-refractivity contribution in [3.63, 3.8) is 0 Å². The fourth-order valence-corrected chi connectivity index (χ4v) is 1.40. The van der Waals surface area contributed by atoms with Crippen molar-refractivity contribution in [2.75, 3.05) is 19.7 Å². The van der Waals surface area contributed by atoms with Crippen LogP contribution in [0.3, 0.4) is 0 Å². The van der Waals surface area contributed by atoms with Crippen LogP contribution in [0.2, 0.25) is 0 Å². The van der Waals surface area contributed by atoms with E-state index in [-0.39, 0.29) is 11.7 Å². The molecule has 1 aromatic rings. The second-order valence-corrected chi connectivity index (χ2v) is 4.20. The van der Waals surface area contributed by atoms with Crippen molar-refractivity contribution in [2.45, 2.75) is 20.3 Å². The second-order valence-electron chi connectivity index (χ2n) is 4.20. The lowest BCUT2D eigenvalue weighted by atomic mass is 10.2. The van der Waals surface area contributed by atoms with E-state index in [0.29, 0.717) is 6.61 Å². The Morgan fingerprint density at radius 1 is 1.35 bits per heavy atom. The Hall–Kier alpha value is -1.16. The van der Waals surface area contributed by atoms with E-state index in [0.717, 1.165) is 37.7 Å². The highest BCUT2D eigenvalue weighted by Crippen LogP contribution is 2.18. The van der Waals surface area contributed by atoms with Gasteiger partial charge in [-0.3, -0.25) is 0 Å². The Balaban J connectivity index is 2.36. The lowest BCUT2D eigenvalue weighted by Crippen LogP contribution is -2.25. The molecule has 2 nitrogen and oxygen atoms in total. The van der Waals surface area contributed by atoms with Crippen LogP contribution in [0.5, 0.6) is 5.75 Å². The maximum absolute atomic E-state index is 13.2. The van der Waals surface area contributed by atoms with Gasteiger partial charge in [-0.2, -0.15) is 0 Å². The smallest absolute Gasteiger partial charge is 0.165 e. The van der Waals surface area contributed by atoms with Gasteiger partial charge in [-0.15, -0.1) is 0 Å². The number of ether oxygens (including phenoxy) is 1. The van der Waals surface area contributed by atoms with Crippen LogP contribution in [0.25, 0.3) is 0 Å². The molecule has 1 aromatic carbocycles. The predicted octanol–water partition coefficient (Wildman–Crippen LogP) is 2.98. The third-order valence-corrected chi connectivity index (χ3v) is 2.34. The molecule has 1 N–H and O–H groups in total. The summed E-state index contributed by atoms with van der Waals surface area (Å²) in [6.45, 7) is 6.23. The van der Waals surface area contributed by atoms with Gasteiger partial charge in [0, 0.05) is 18.5 Å². The van der Waals surface area contributed by atoms with Crippen molar-refractivity contribution in [3.8, 4) is 5.75 Å². The van der Waals surface area contributed by atoms with E-state index < -0.39 is 11.6 Å². The van der Waals surface area contributed by atoms with Crippen molar-refractivity contribution >= 4 is 0 Å². The molecule has 17 heavy (non-hydrogen) atoms. The fourth-order valence-electron chi connectivity index (χ4n) is 1.40. The second kappa shape index (κ2) is 7.22. The van der Waals surface area contributed by atoms with Crippen LogP contribution in [0.1, 0.15) is 20.3 Å². The molecular weight excluding hydrogens is 224 g/mol. The summed E-state index contributed by atoms with van der Waals surface area (Å²) in [5, 5.41) is 3.25. The molecule has 0 heterocycles.